The third-order valence-corrected chi connectivity index (χ3v) is 4.21. The van der Waals surface area contributed by atoms with Gasteiger partial charge in [-0.2, -0.15) is 0 Å². The molecule has 0 spiro atoms. The molecule has 0 unspecified atom stereocenters. The van der Waals surface area contributed by atoms with Gasteiger partial charge in [0.1, 0.15) is 17.5 Å². The van der Waals surface area contributed by atoms with Gasteiger partial charge >= 0.3 is 0 Å². The fourth-order valence-corrected chi connectivity index (χ4v) is 3.19. The van der Waals surface area contributed by atoms with Crippen molar-refractivity contribution in [2.24, 2.45) is 0 Å². The SMILES string of the molecule is Cc1nc(NC2CCCCC2)cc(N2CCCC2)n1. The van der Waals surface area contributed by atoms with Gasteiger partial charge in [-0.25, -0.2) is 9.97 Å². The first-order chi connectivity index (χ1) is 9.31. The molecule has 3 rings (SSSR count). The summed E-state index contributed by atoms with van der Waals surface area (Å²) >= 11 is 0. The quantitative estimate of drug-likeness (QED) is 0.906. The second-order valence-corrected chi connectivity index (χ2v) is 5.83. The fourth-order valence-electron chi connectivity index (χ4n) is 3.19. The van der Waals surface area contributed by atoms with Crippen LogP contribution in [0.1, 0.15) is 50.8 Å². The molecule has 1 N–H and O–H groups in total. The van der Waals surface area contributed by atoms with Gasteiger partial charge in [0.15, 0.2) is 0 Å². The molecule has 2 fully saturated rings. The lowest BCUT2D eigenvalue weighted by molar-refractivity contribution is 0.461. The Morgan fingerprint density at radius 3 is 2.53 bits per heavy atom. The van der Waals surface area contributed by atoms with Crippen LogP contribution in [0.5, 0.6) is 0 Å². The highest BCUT2D eigenvalue weighted by atomic mass is 15.2. The molecule has 2 aliphatic rings. The summed E-state index contributed by atoms with van der Waals surface area (Å²) in [6.07, 6.45) is 9.22. The third-order valence-electron chi connectivity index (χ3n) is 4.21. The van der Waals surface area contributed by atoms with Crippen LogP contribution in [-0.2, 0) is 0 Å². The highest BCUT2D eigenvalue weighted by Gasteiger charge is 2.17. The minimum atomic E-state index is 0.606. The molecule has 4 nitrogen and oxygen atoms in total. The second-order valence-electron chi connectivity index (χ2n) is 5.83. The Morgan fingerprint density at radius 1 is 1.05 bits per heavy atom. The number of rotatable bonds is 3. The van der Waals surface area contributed by atoms with Gasteiger partial charge < -0.3 is 10.2 Å². The first-order valence-corrected chi connectivity index (χ1v) is 7.68. The van der Waals surface area contributed by atoms with Crippen molar-refractivity contribution < 1.29 is 0 Å². The number of nitrogens with zero attached hydrogens (tertiary/aromatic N) is 3. The average molecular weight is 260 g/mol. The molecule has 104 valence electrons. The maximum atomic E-state index is 4.58. The fraction of sp³-hybridized carbons (Fsp3) is 0.733. The van der Waals surface area contributed by atoms with E-state index in [9.17, 15) is 0 Å². The van der Waals surface area contributed by atoms with Gasteiger partial charge in [-0.3, -0.25) is 0 Å². The van der Waals surface area contributed by atoms with Crippen molar-refractivity contribution in [3.8, 4) is 0 Å². The van der Waals surface area contributed by atoms with Crippen LogP contribution in [0, 0.1) is 6.92 Å². The minimum absolute atomic E-state index is 0.606. The minimum Gasteiger partial charge on any atom is -0.367 e. The van der Waals surface area contributed by atoms with Gasteiger partial charge in [-0.1, -0.05) is 19.3 Å². The summed E-state index contributed by atoms with van der Waals surface area (Å²) in [5, 5.41) is 3.61. The van der Waals surface area contributed by atoms with Crippen molar-refractivity contribution >= 4 is 11.6 Å². The van der Waals surface area contributed by atoms with E-state index in [1.165, 1.54) is 44.9 Å². The summed E-state index contributed by atoms with van der Waals surface area (Å²) in [7, 11) is 0. The highest BCUT2D eigenvalue weighted by molar-refractivity contribution is 5.50. The van der Waals surface area contributed by atoms with E-state index < -0.39 is 0 Å². The smallest absolute Gasteiger partial charge is 0.134 e. The van der Waals surface area contributed by atoms with E-state index in [0.717, 1.165) is 30.5 Å². The summed E-state index contributed by atoms with van der Waals surface area (Å²) in [6, 6.07) is 2.74. The number of nitrogens with one attached hydrogen (secondary N) is 1. The molecule has 1 aromatic rings. The van der Waals surface area contributed by atoms with E-state index in [-0.39, 0.29) is 0 Å². The highest BCUT2D eigenvalue weighted by Crippen LogP contribution is 2.24. The summed E-state index contributed by atoms with van der Waals surface area (Å²) in [5.41, 5.74) is 0. The van der Waals surface area contributed by atoms with Crippen LogP contribution in [0.4, 0.5) is 11.6 Å². The Kier molecular flexibility index (Phi) is 3.85. The van der Waals surface area contributed by atoms with E-state index in [4.69, 9.17) is 0 Å². The third kappa shape index (κ3) is 3.17. The molecular weight excluding hydrogens is 236 g/mol. The van der Waals surface area contributed by atoms with Crippen molar-refractivity contribution in [2.75, 3.05) is 23.3 Å². The van der Waals surface area contributed by atoms with E-state index in [0.29, 0.717) is 6.04 Å². The van der Waals surface area contributed by atoms with E-state index in [1.54, 1.807) is 0 Å². The molecule has 1 aliphatic heterocycles. The molecular formula is C15H24N4. The lowest BCUT2D eigenvalue weighted by atomic mass is 9.95. The topological polar surface area (TPSA) is 41.1 Å². The standard InChI is InChI=1S/C15H24N4/c1-12-16-14(18-13-7-3-2-4-8-13)11-15(17-12)19-9-5-6-10-19/h11,13H,2-10H2,1H3,(H,16,17,18). The molecule has 4 heteroatoms. The first kappa shape index (κ1) is 12.7. The monoisotopic (exact) mass is 260 g/mol. The molecule has 0 bridgehead atoms. The molecule has 1 saturated heterocycles. The van der Waals surface area contributed by atoms with E-state index >= 15 is 0 Å². The normalized spacial score (nSPS) is 20.8. The molecule has 19 heavy (non-hydrogen) atoms. The number of aryl methyl sites for hydroxylation is 1. The average Bonchev–Trinajstić information content (AvgIpc) is 2.93. The molecule has 1 saturated carbocycles. The van der Waals surface area contributed by atoms with Crippen molar-refractivity contribution in [3.05, 3.63) is 11.9 Å². The zero-order chi connectivity index (χ0) is 13.1. The molecule has 2 heterocycles. The Bertz CT molecular complexity index is 420. The molecule has 1 aromatic heterocycles. The number of anilines is 2. The number of aromatic nitrogens is 2. The zero-order valence-corrected chi connectivity index (χ0v) is 11.9. The van der Waals surface area contributed by atoms with Crippen LogP contribution in [0.3, 0.4) is 0 Å². The van der Waals surface area contributed by atoms with Gasteiger partial charge in [0.25, 0.3) is 0 Å². The van der Waals surface area contributed by atoms with Crippen molar-refractivity contribution in [1.29, 1.82) is 0 Å². The zero-order valence-electron chi connectivity index (χ0n) is 11.9. The van der Waals surface area contributed by atoms with E-state index in [2.05, 4.69) is 26.3 Å². The Morgan fingerprint density at radius 2 is 1.79 bits per heavy atom. The van der Waals surface area contributed by atoms with Gasteiger partial charge in [0.2, 0.25) is 0 Å². The van der Waals surface area contributed by atoms with Crippen LogP contribution < -0.4 is 10.2 Å². The largest absolute Gasteiger partial charge is 0.367 e. The Hall–Kier alpha value is -1.32. The van der Waals surface area contributed by atoms with E-state index in [1.807, 2.05) is 6.92 Å². The van der Waals surface area contributed by atoms with Gasteiger partial charge in [-0.05, 0) is 32.6 Å². The lowest BCUT2D eigenvalue weighted by Crippen LogP contribution is -2.24. The van der Waals surface area contributed by atoms with Crippen LogP contribution in [0.2, 0.25) is 0 Å². The maximum absolute atomic E-state index is 4.58. The summed E-state index contributed by atoms with van der Waals surface area (Å²) < 4.78 is 0. The second kappa shape index (κ2) is 5.76. The van der Waals surface area contributed by atoms with Crippen LogP contribution >= 0.6 is 0 Å². The Balaban J connectivity index is 1.73. The molecule has 0 amide bonds. The van der Waals surface area contributed by atoms with Crippen molar-refractivity contribution in [2.45, 2.75) is 57.9 Å². The molecule has 0 atom stereocenters. The number of hydrogen-bond donors (Lipinski definition) is 1. The lowest BCUT2D eigenvalue weighted by Gasteiger charge is -2.24. The summed E-state index contributed by atoms with van der Waals surface area (Å²) in [6.45, 7) is 4.27. The Labute approximate surface area is 115 Å². The summed E-state index contributed by atoms with van der Waals surface area (Å²) in [4.78, 5) is 11.5. The maximum Gasteiger partial charge on any atom is 0.134 e. The van der Waals surface area contributed by atoms with Crippen LogP contribution in [-0.4, -0.2) is 29.1 Å². The van der Waals surface area contributed by atoms with Gasteiger partial charge in [-0.15, -0.1) is 0 Å². The molecule has 0 radical (unpaired) electrons. The first-order valence-electron chi connectivity index (χ1n) is 7.68. The van der Waals surface area contributed by atoms with Crippen molar-refractivity contribution in [1.82, 2.24) is 9.97 Å². The molecule has 0 aromatic carbocycles. The summed E-state index contributed by atoms with van der Waals surface area (Å²) in [5.74, 6) is 2.99. The number of hydrogen-bond acceptors (Lipinski definition) is 4. The predicted octanol–water partition coefficient (Wildman–Crippen LogP) is 3.13. The van der Waals surface area contributed by atoms with Crippen LogP contribution in [0.25, 0.3) is 0 Å². The predicted molar refractivity (Wildman–Crippen MR) is 78.7 cm³/mol. The van der Waals surface area contributed by atoms with Crippen LogP contribution in [0.15, 0.2) is 6.07 Å². The van der Waals surface area contributed by atoms with Gasteiger partial charge in [0.05, 0.1) is 0 Å². The van der Waals surface area contributed by atoms with Gasteiger partial charge in [0, 0.05) is 25.2 Å². The molecule has 1 aliphatic carbocycles. The van der Waals surface area contributed by atoms with Crippen molar-refractivity contribution in [3.63, 3.8) is 0 Å².